The van der Waals surface area contributed by atoms with E-state index < -0.39 is 23.8 Å². The highest BCUT2D eigenvalue weighted by molar-refractivity contribution is 7.99. The van der Waals surface area contributed by atoms with E-state index in [2.05, 4.69) is 32.7 Å². The fourth-order valence-corrected chi connectivity index (χ4v) is 9.96. The first kappa shape index (κ1) is 43.0. The second kappa shape index (κ2) is 20.9. The molecule has 0 bridgehead atoms. The van der Waals surface area contributed by atoms with Crippen molar-refractivity contribution in [2.75, 3.05) is 45.0 Å². The van der Waals surface area contributed by atoms with Crippen LogP contribution < -0.4 is 10.6 Å². The third-order valence-corrected chi connectivity index (χ3v) is 13.5. The van der Waals surface area contributed by atoms with E-state index in [1.807, 2.05) is 35.2 Å². The number of nitrogens with zero attached hydrogens (tertiary/aromatic N) is 4. The average molecular weight is 833 g/mol. The molecule has 3 aromatic rings. The number of carbonyl (C=O) groups is 6. The van der Waals surface area contributed by atoms with E-state index in [9.17, 15) is 28.8 Å². The van der Waals surface area contributed by atoms with Crippen LogP contribution in [0.3, 0.4) is 0 Å². The highest BCUT2D eigenvalue weighted by Crippen LogP contribution is 2.35. The van der Waals surface area contributed by atoms with Gasteiger partial charge in [-0.15, -0.1) is 11.8 Å². The summed E-state index contributed by atoms with van der Waals surface area (Å²) in [6, 6.07) is 16.4. The molecule has 4 aliphatic rings. The summed E-state index contributed by atoms with van der Waals surface area (Å²) >= 11 is 1.58. The highest BCUT2D eigenvalue weighted by atomic mass is 32.2. The Labute approximate surface area is 356 Å². The Hall–Kier alpha value is -5.14. The van der Waals surface area contributed by atoms with Crippen molar-refractivity contribution in [2.24, 2.45) is 5.92 Å². The molecule has 60 heavy (non-hydrogen) atoms. The molecule has 1 atom stereocenters. The van der Waals surface area contributed by atoms with Crippen molar-refractivity contribution >= 4 is 53.3 Å². The normalized spacial score (nSPS) is 19.2. The molecule has 0 aliphatic carbocycles. The minimum atomic E-state index is -0.959. The molecule has 316 valence electrons. The maximum absolute atomic E-state index is 13.4. The minimum absolute atomic E-state index is 0.0863. The Morgan fingerprint density at radius 1 is 0.833 bits per heavy atom. The second-order valence-electron chi connectivity index (χ2n) is 16.4. The van der Waals surface area contributed by atoms with Gasteiger partial charge in [0, 0.05) is 55.0 Å². The molecule has 5 heterocycles. The van der Waals surface area contributed by atoms with Gasteiger partial charge in [-0.05, 0) is 136 Å². The van der Waals surface area contributed by atoms with Crippen LogP contribution in [-0.4, -0.2) is 106 Å². The van der Waals surface area contributed by atoms with E-state index in [1.165, 1.54) is 5.56 Å². The van der Waals surface area contributed by atoms with Crippen LogP contribution in [0.5, 0.6) is 0 Å². The van der Waals surface area contributed by atoms with E-state index in [0.29, 0.717) is 29.5 Å². The number of hydrogen-bond donors (Lipinski definition) is 2. The maximum atomic E-state index is 13.4. The minimum Gasteiger partial charge on any atom is -0.353 e. The number of unbranched alkanes of at least 4 members (excludes halogenated alkanes) is 3. The number of nitrogens with one attached hydrogen (secondary N) is 2. The number of fused-ring (bicyclic) bond motifs is 1. The lowest BCUT2D eigenvalue weighted by Gasteiger charge is -2.33. The Kier molecular flexibility index (Phi) is 15.0. The first-order chi connectivity index (χ1) is 29.2. The molecule has 3 fully saturated rings. The second-order valence-corrected chi connectivity index (χ2v) is 17.6. The van der Waals surface area contributed by atoms with Gasteiger partial charge in [-0.3, -0.25) is 44.0 Å². The van der Waals surface area contributed by atoms with Crippen LogP contribution in [0.15, 0.2) is 78.0 Å². The SMILES string of the molecule is O=C(/C=C/c1cccnc1)NCCCCC1CCN(C(=O)c2ccc(C3CCN(CCCCCSc4cccc5c4C(=O)N(C4CCC(=O)NC4=O)C5=O)CC3)cc2)CC1. The van der Waals surface area contributed by atoms with Gasteiger partial charge in [-0.25, -0.2) is 0 Å². The number of thioether (sulfide) groups is 1. The van der Waals surface area contributed by atoms with E-state index in [0.717, 1.165) is 124 Å². The number of hydrogen-bond acceptors (Lipinski definition) is 9. The van der Waals surface area contributed by atoms with Crippen LogP contribution in [-0.2, 0) is 14.4 Å². The molecule has 7 rings (SSSR count). The zero-order valence-electron chi connectivity index (χ0n) is 34.3. The summed E-state index contributed by atoms with van der Waals surface area (Å²) in [5.74, 6) is 0.0803. The highest BCUT2D eigenvalue weighted by Gasteiger charge is 2.45. The van der Waals surface area contributed by atoms with Crippen molar-refractivity contribution in [3.63, 3.8) is 0 Å². The molecule has 4 aliphatic heterocycles. The zero-order valence-corrected chi connectivity index (χ0v) is 35.1. The van der Waals surface area contributed by atoms with Crippen LogP contribution >= 0.6 is 11.8 Å². The first-order valence-electron chi connectivity index (χ1n) is 21.7. The van der Waals surface area contributed by atoms with Gasteiger partial charge in [-0.2, -0.15) is 0 Å². The predicted molar refractivity (Wildman–Crippen MR) is 231 cm³/mol. The monoisotopic (exact) mass is 832 g/mol. The van der Waals surface area contributed by atoms with Gasteiger partial charge < -0.3 is 15.1 Å². The molecule has 0 spiro atoms. The smallest absolute Gasteiger partial charge is 0.263 e. The number of pyridine rings is 1. The Balaban J connectivity index is 0.745. The van der Waals surface area contributed by atoms with Crippen molar-refractivity contribution in [2.45, 2.75) is 93.9 Å². The number of rotatable bonds is 17. The van der Waals surface area contributed by atoms with Crippen LogP contribution in [0.25, 0.3) is 6.08 Å². The molecule has 0 saturated carbocycles. The van der Waals surface area contributed by atoms with E-state index >= 15 is 0 Å². The summed E-state index contributed by atoms with van der Waals surface area (Å²) in [6.45, 7) is 5.43. The number of likely N-dealkylation sites (tertiary alicyclic amines) is 2. The van der Waals surface area contributed by atoms with E-state index in [-0.39, 0.29) is 30.6 Å². The standard InChI is InChI=1S/C47H56N6O6S/c54-41(18-12-34-9-7-24-48-32-34)49-25-3-2-8-33-20-29-52(30-21-33)45(57)37-15-13-35(14-16-37)36-22-27-51(28-23-36)26-4-1-5-31-60-40-11-6-10-38-43(40)47(59)53(46(38)58)39-17-19-42(55)50-44(39)56/h6-7,9-16,18,24,32-33,36,39H,1-5,8,17,19-23,25-31H2,(H,49,54)(H,50,55,56)/b18-12+. The largest absolute Gasteiger partial charge is 0.353 e. The van der Waals surface area contributed by atoms with Gasteiger partial charge in [0.25, 0.3) is 17.7 Å². The quantitative estimate of drug-likeness (QED) is 0.0675. The van der Waals surface area contributed by atoms with Crippen molar-refractivity contribution in [3.8, 4) is 0 Å². The fraction of sp³-hybridized carbons (Fsp3) is 0.468. The molecular formula is C47H56N6O6S. The lowest BCUT2D eigenvalue weighted by Crippen LogP contribution is -2.54. The van der Waals surface area contributed by atoms with Gasteiger partial charge in [0.05, 0.1) is 11.1 Å². The van der Waals surface area contributed by atoms with Crippen molar-refractivity contribution in [3.05, 3.63) is 101 Å². The van der Waals surface area contributed by atoms with Crippen molar-refractivity contribution in [1.82, 2.24) is 30.3 Å². The summed E-state index contributed by atoms with van der Waals surface area (Å²) in [4.78, 5) is 86.4. The molecule has 3 saturated heterocycles. The number of benzene rings is 2. The average Bonchev–Trinajstić information content (AvgIpc) is 3.53. The third kappa shape index (κ3) is 11.0. The van der Waals surface area contributed by atoms with Crippen LogP contribution in [0.4, 0.5) is 0 Å². The summed E-state index contributed by atoms with van der Waals surface area (Å²) in [6.07, 6.45) is 17.5. The molecule has 1 unspecified atom stereocenters. The number of carbonyl (C=O) groups excluding carboxylic acids is 6. The van der Waals surface area contributed by atoms with Crippen LogP contribution in [0.1, 0.15) is 125 Å². The topological polar surface area (TPSA) is 149 Å². The van der Waals surface area contributed by atoms with Gasteiger partial charge >= 0.3 is 0 Å². The third-order valence-electron chi connectivity index (χ3n) is 12.4. The van der Waals surface area contributed by atoms with E-state index in [4.69, 9.17) is 0 Å². The lowest BCUT2D eigenvalue weighted by atomic mass is 9.88. The molecular weight excluding hydrogens is 777 g/mol. The van der Waals surface area contributed by atoms with Crippen LogP contribution in [0, 0.1) is 5.92 Å². The Morgan fingerprint density at radius 3 is 2.38 bits per heavy atom. The molecule has 2 N–H and O–H groups in total. The summed E-state index contributed by atoms with van der Waals surface area (Å²) < 4.78 is 0. The van der Waals surface area contributed by atoms with Crippen molar-refractivity contribution in [1.29, 1.82) is 0 Å². The van der Waals surface area contributed by atoms with Crippen molar-refractivity contribution < 1.29 is 28.8 Å². The first-order valence-corrected chi connectivity index (χ1v) is 22.7. The summed E-state index contributed by atoms with van der Waals surface area (Å²) in [5.41, 5.74) is 3.68. The van der Waals surface area contributed by atoms with E-state index in [1.54, 1.807) is 48.4 Å². The fourth-order valence-electron chi connectivity index (χ4n) is 8.87. The Morgan fingerprint density at radius 2 is 1.63 bits per heavy atom. The molecule has 2 aromatic carbocycles. The molecule has 1 aromatic heterocycles. The number of aromatic nitrogens is 1. The number of piperidine rings is 3. The van der Waals surface area contributed by atoms with Gasteiger partial charge in [0.2, 0.25) is 17.7 Å². The van der Waals surface area contributed by atoms with Gasteiger partial charge in [-0.1, -0.05) is 43.5 Å². The number of imide groups is 2. The molecule has 6 amide bonds. The van der Waals surface area contributed by atoms with Crippen LogP contribution in [0.2, 0.25) is 0 Å². The molecule has 0 radical (unpaired) electrons. The zero-order chi connectivity index (χ0) is 41.8. The number of amides is 6. The molecule has 13 heteroatoms. The molecule has 12 nitrogen and oxygen atoms in total. The van der Waals surface area contributed by atoms with Gasteiger partial charge in [0.15, 0.2) is 0 Å². The summed E-state index contributed by atoms with van der Waals surface area (Å²) in [7, 11) is 0. The lowest BCUT2D eigenvalue weighted by molar-refractivity contribution is -0.136. The maximum Gasteiger partial charge on any atom is 0.263 e. The predicted octanol–water partition coefficient (Wildman–Crippen LogP) is 6.48. The van der Waals surface area contributed by atoms with Gasteiger partial charge in [0.1, 0.15) is 6.04 Å². The Bertz CT molecular complexity index is 2040. The summed E-state index contributed by atoms with van der Waals surface area (Å²) in [5, 5.41) is 5.21.